The first-order valence-corrected chi connectivity index (χ1v) is 6.82. The largest absolute Gasteiger partial charge is 0.334 e. The first-order chi connectivity index (χ1) is 9.15. The van der Waals surface area contributed by atoms with Crippen molar-refractivity contribution in [1.82, 2.24) is 20.5 Å². The summed E-state index contributed by atoms with van der Waals surface area (Å²) in [5.41, 5.74) is 1.01. The number of likely N-dealkylation sites (tertiary alicyclic amines) is 1. The van der Waals surface area contributed by atoms with Crippen molar-refractivity contribution < 1.29 is 4.79 Å². The molecule has 0 saturated carbocycles. The Morgan fingerprint density at radius 1 is 1.58 bits per heavy atom. The van der Waals surface area contributed by atoms with Gasteiger partial charge in [0.15, 0.2) is 0 Å². The van der Waals surface area contributed by atoms with E-state index < -0.39 is 0 Å². The first-order valence-electron chi connectivity index (χ1n) is 6.82. The van der Waals surface area contributed by atoms with Crippen molar-refractivity contribution in [1.29, 1.82) is 0 Å². The zero-order valence-electron chi connectivity index (χ0n) is 11.6. The molecule has 5 nitrogen and oxygen atoms in total. The number of hydrogen-bond acceptors (Lipinski definition) is 3. The topological polar surface area (TPSA) is 57.3 Å². The quantitative estimate of drug-likeness (QED) is 0.861. The molecule has 2 rings (SSSR count). The van der Waals surface area contributed by atoms with Gasteiger partial charge in [0.25, 0.3) is 0 Å². The molecule has 19 heavy (non-hydrogen) atoms. The van der Waals surface area contributed by atoms with E-state index in [9.17, 15) is 4.79 Å². The third-order valence-electron chi connectivity index (χ3n) is 3.46. The van der Waals surface area contributed by atoms with Crippen LogP contribution in [0.25, 0.3) is 0 Å². The minimum Gasteiger partial charge on any atom is -0.334 e. The van der Waals surface area contributed by atoms with Crippen molar-refractivity contribution in [2.24, 2.45) is 0 Å². The average Bonchev–Trinajstić information content (AvgIpc) is 2.86. The predicted octanol–water partition coefficient (Wildman–Crippen LogP) is 1.36. The zero-order chi connectivity index (χ0) is 13.7. The number of hydrogen-bond donors (Lipinski definition) is 2. The van der Waals surface area contributed by atoms with Gasteiger partial charge in [-0.1, -0.05) is 6.07 Å². The molecule has 1 aliphatic heterocycles. The van der Waals surface area contributed by atoms with Crippen LogP contribution < -0.4 is 10.6 Å². The van der Waals surface area contributed by atoms with Crippen LogP contribution in [-0.4, -0.2) is 41.1 Å². The van der Waals surface area contributed by atoms with Crippen molar-refractivity contribution in [3.8, 4) is 0 Å². The zero-order valence-corrected chi connectivity index (χ0v) is 11.6. The molecule has 2 N–H and O–H groups in total. The van der Waals surface area contributed by atoms with Gasteiger partial charge in [-0.15, -0.1) is 0 Å². The highest BCUT2D eigenvalue weighted by atomic mass is 16.2. The molecule has 0 unspecified atom stereocenters. The van der Waals surface area contributed by atoms with Gasteiger partial charge < -0.3 is 10.6 Å². The van der Waals surface area contributed by atoms with E-state index in [1.807, 2.05) is 12.1 Å². The van der Waals surface area contributed by atoms with Crippen LogP contribution in [0, 0.1) is 0 Å². The van der Waals surface area contributed by atoms with Crippen LogP contribution in [0.4, 0.5) is 4.79 Å². The number of aromatic nitrogens is 1. The number of carbonyl (C=O) groups is 1. The molecular weight excluding hydrogens is 240 g/mol. The van der Waals surface area contributed by atoms with Gasteiger partial charge in [-0.25, -0.2) is 4.79 Å². The summed E-state index contributed by atoms with van der Waals surface area (Å²) in [6, 6.07) is 4.52. The summed E-state index contributed by atoms with van der Waals surface area (Å²) >= 11 is 0. The van der Waals surface area contributed by atoms with Gasteiger partial charge in [0, 0.05) is 44.1 Å². The number of pyridine rings is 1. The monoisotopic (exact) mass is 262 g/mol. The van der Waals surface area contributed by atoms with Crippen molar-refractivity contribution in [2.75, 3.05) is 13.1 Å². The molecule has 1 fully saturated rings. The Balaban J connectivity index is 1.71. The number of rotatable bonds is 4. The van der Waals surface area contributed by atoms with Gasteiger partial charge in [-0.2, -0.15) is 0 Å². The van der Waals surface area contributed by atoms with E-state index in [-0.39, 0.29) is 12.1 Å². The van der Waals surface area contributed by atoms with Crippen molar-refractivity contribution in [2.45, 2.75) is 38.9 Å². The van der Waals surface area contributed by atoms with Crippen LogP contribution in [0.15, 0.2) is 24.5 Å². The van der Waals surface area contributed by atoms with Crippen molar-refractivity contribution in [3.63, 3.8) is 0 Å². The number of urea groups is 1. The van der Waals surface area contributed by atoms with Gasteiger partial charge in [-0.3, -0.25) is 9.88 Å². The molecule has 1 aliphatic rings. The standard InChI is InChI=1S/C14H22N4O/c1-11(2)18-7-5-13(10-18)17-14(19)16-9-12-4-3-6-15-8-12/h3-4,6,8,11,13H,5,7,9-10H2,1-2H3,(H2,16,17,19)/t13-/m1/s1. The van der Waals surface area contributed by atoms with E-state index in [1.165, 1.54) is 0 Å². The molecule has 1 atom stereocenters. The Bertz CT molecular complexity index is 407. The van der Waals surface area contributed by atoms with Gasteiger partial charge in [0.1, 0.15) is 0 Å². The second-order valence-corrected chi connectivity index (χ2v) is 5.26. The maximum atomic E-state index is 11.8. The van der Waals surface area contributed by atoms with Gasteiger partial charge in [0.2, 0.25) is 0 Å². The molecule has 1 aromatic heterocycles. The SMILES string of the molecule is CC(C)N1CC[C@@H](NC(=O)NCc2cccnc2)C1. The average molecular weight is 262 g/mol. The summed E-state index contributed by atoms with van der Waals surface area (Å²) in [6.07, 6.45) is 4.51. The summed E-state index contributed by atoms with van der Waals surface area (Å²) in [7, 11) is 0. The lowest BCUT2D eigenvalue weighted by molar-refractivity contribution is 0.233. The van der Waals surface area contributed by atoms with Gasteiger partial charge in [0.05, 0.1) is 0 Å². The predicted molar refractivity (Wildman–Crippen MR) is 74.7 cm³/mol. The molecular formula is C14H22N4O. The van der Waals surface area contributed by atoms with Crippen LogP contribution in [0.2, 0.25) is 0 Å². The minimum atomic E-state index is -0.0977. The molecule has 0 radical (unpaired) electrons. The summed E-state index contributed by atoms with van der Waals surface area (Å²) < 4.78 is 0. The highest BCUT2D eigenvalue weighted by Gasteiger charge is 2.25. The Hall–Kier alpha value is -1.62. The Kier molecular flexibility index (Phi) is 4.74. The number of carbonyl (C=O) groups excluding carboxylic acids is 1. The first kappa shape index (κ1) is 13.8. The normalized spacial score (nSPS) is 19.6. The number of nitrogens with one attached hydrogen (secondary N) is 2. The molecule has 0 aromatic carbocycles. The molecule has 1 aromatic rings. The third kappa shape index (κ3) is 4.21. The smallest absolute Gasteiger partial charge is 0.315 e. The third-order valence-corrected chi connectivity index (χ3v) is 3.46. The highest BCUT2D eigenvalue weighted by molar-refractivity contribution is 5.74. The fourth-order valence-corrected chi connectivity index (χ4v) is 2.30. The Labute approximate surface area is 114 Å². The van der Waals surface area contributed by atoms with E-state index >= 15 is 0 Å². The van der Waals surface area contributed by atoms with Crippen LogP contribution in [-0.2, 0) is 6.54 Å². The van der Waals surface area contributed by atoms with Crippen LogP contribution in [0.1, 0.15) is 25.8 Å². The maximum Gasteiger partial charge on any atom is 0.315 e. The lowest BCUT2D eigenvalue weighted by Gasteiger charge is -2.20. The van der Waals surface area contributed by atoms with E-state index in [4.69, 9.17) is 0 Å². The molecule has 104 valence electrons. The fourth-order valence-electron chi connectivity index (χ4n) is 2.30. The molecule has 2 amide bonds. The Morgan fingerprint density at radius 2 is 2.42 bits per heavy atom. The summed E-state index contributed by atoms with van der Waals surface area (Å²) in [5, 5.41) is 5.88. The molecule has 0 bridgehead atoms. The van der Waals surface area contributed by atoms with Crippen molar-refractivity contribution in [3.05, 3.63) is 30.1 Å². The van der Waals surface area contributed by atoms with Crippen molar-refractivity contribution >= 4 is 6.03 Å². The Morgan fingerprint density at radius 3 is 3.05 bits per heavy atom. The molecule has 2 heterocycles. The lowest BCUT2D eigenvalue weighted by atomic mass is 10.2. The van der Waals surface area contributed by atoms with E-state index in [2.05, 4.69) is 34.4 Å². The second-order valence-electron chi connectivity index (χ2n) is 5.26. The van der Waals surface area contributed by atoms with Gasteiger partial charge in [-0.05, 0) is 31.9 Å². The minimum absolute atomic E-state index is 0.0977. The summed E-state index contributed by atoms with van der Waals surface area (Å²) in [4.78, 5) is 18.2. The lowest BCUT2D eigenvalue weighted by Crippen LogP contribution is -2.43. The van der Waals surface area contributed by atoms with E-state index in [0.717, 1.165) is 25.1 Å². The fraction of sp³-hybridized carbons (Fsp3) is 0.571. The second kappa shape index (κ2) is 6.52. The molecule has 5 heteroatoms. The van der Waals surface area contributed by atoms with Crippen LogP contribution in [0.5, 0.6) is 0 Å². The molecule has 0 aliphatic carbocycles. The van der Waals surface area contributed by atoms with E-state index in [0.29, 0.717) is 12.6 Å². The van der Waals surface area contributed by atoms with E-state index in [1.54, 1.807) is 12.4 Å². The van der Waals surface area contributed by atoms with Crippen LogP contribution in [0.3, 0.4) is 0 Å². The number of amides is 2. The number of nitrogens with zero attached hydrogens (tertiary/aromatic N) is 2. The summed E-state index contributed by atoms with van der Waals surface area (Å²) in [6.45, 7) is 6.89. The highest BCUT2D eigenvalue weighted by Crippen LogP contribution is 2.12. The maximum absolute atomic E-state index is 11.8. The van der Waals surface area contributed by atoms with Gasteiger partial charge >= 0.3 is 6.03 Å². The van der Waals surface area contributed by atoms with Crippen LogP contribution >= 0.6 is 0 Å². The molecule has 1 saturated heterocycles. The summed E-state index contributed by atoms with van der Waals surface area (Å²) in [5.74, 6) is 0. The molecule has 0 spiro atoms.